The SMILES string of the molecule is NCCCC(=O)NC(CN)C1CCCCC1. The Morgan fingerprint density at radius 3 is 2.50 bits per heavy atom. The van der Waals surface area contributed by atoms with Crippen molar-refractivity contribution in [1.82, 2.24) is 5.32 Å². The number of amides is 1. The van der Waals surface area contributed by atoms with Gasteiger partial charge in [-0.2, -0.15) is 0 Å². The zero-order valence-electron chi connectivity index (χ0n) is 10.1. The first-order chi connectivity index (χ1) is 7.77. The van der Waals surface area contributed by atoms with Gasteiger partial charge in [-0.1, -0.05) is 19.3 Å². The van der Waals surface area contributed by atoms with E-state index in [1.165, 1.54) is 32.1 Å². The fraction of sp³-hybridized carbons (Fsp3) is 0.917. The third-order valence-corrected chi connectivity index (χ3v) is 3.43. The Labute approximate surface area is 98.1 Å². The van der Waals surface area contributed by atoms with Crippen LogP contribution < -0.4 is 16.8 Å². The van der Waals surface area contributed by atoms with Gasteiger partial charge in [0, 0.05) is 19.0 Å². The molecule has 1 fully saturated rings. The Morgan fingerprint density at radius 1 is 1.25 bits per heavy atom. The smallest absolute Gasteiger partial charge is 0.220 e. The summed E-state index contributed by atoms with van der Waals surface area (Å²) in [6.07, 6.45) is 7.58. The molecule has 0 bridgehead atoms. The predicted molar refractivity (Wildman–Crippen MR) is 65.8 cm³/mol. The first-order valence-electron chi connectivity index (χ1n) is 6.47. The number of carbonyl (C=O) groups excluding carboxylic acids is 1. The molecule has 94 valence electrons. The molecule has 0 aromatic carbocycles. The van der Waals surface area contributed by atoms with E-state index in [-0.39, 0.29) is 11.9 Å². The topological polar surface area (TPSA) is 81.1 Å². The van der Waals surface area contributed by atoms with Crippen molar-refractivity contribution >= 4 is 5.91 Å². The number of rotatable bonds is 6. The normalized spacial score (nSPS) is 19.4. The Hall–Kier alpha value is -0.610. The number of nitrogens with two attached hydrogens (primary N) is 2. The van der Waals surface area contributed by atoms with Crippen molar-refractivity contribution < 1.29 is 4.79 Å². The molecule has 1 amide bonds. The summed E-state index contributed by atoms with van der Waals surface area (Å²) in [5.74, 6) is 0.687. The molecule has 4 nitrogen and oxygen atoms in total. The van der Waals surface area contributed by atoms with E-state index in [4.69, 9.17) is 11.5 Å². The quantitative estimate of drug-likeness (QED) is 0.626. The fourth-order valence-electron chi connectivity index (χ4n) is 2.45. The summed E-state index contributed by atoms with van der Waals surface area (Å²) >= 11 is 0. The maximum absolute atomic E-state index is 11.6. The second kappa shape index (κ2) is 7.63. The molecule has 1 atom stereocenters. The predicted octanol–water partition coefficient (Wildman–Crippen LogP) is 0.749. The molecule has 0 aromatic heterocycles. The van der Waals surface area contributed by atoms with Gasteiger partial charge < -0.3 is 16.8 Å². The van der Waals surface area contributed by atoms with Crippen LogP contribution >= 0.6 is 0 Å². The molecule has 0 aromatic rings. The maximum Gasteiger partial charge on any atom is 0.220 e. The van der Waals surface area contributed by atoms with Gasteiger partial charge in [0.1, 0.15) is 0 Å². The van der Waals surface area contributed by atoms with E-state index >= 15 is 0 Å². The molecule has 16 heavy (non-hydrogen) atoms. The third kappa shape index (κ3) is 4.49. The third-order valence-electron chi connectivity index (χ3n) is 3.43. The van der Waals surface area contributed by atoms with Gasteiger partial charge >= 0.3 is 0 Å². The van der Waals surface area contributed by atoms with Crippen molar-refractivity contribution in [3.8, 4) is 0 Å². The highest BCUT2D eigenvalue weighted by Gasteiger charge is 2.23. The lowest BCUT2D eigenvalue weighted by Gasteiger charge is -2.30. The van der Waals surface area contributed by atoms with E-state index in [0.717, 1.165) is 6.42 Å². The van der Waals surface area contributed by atoms with E-state index in [2.05, 4.69) is 5.32 Å². The Balaban J connectivity index is 2.32. The van der Waals surface area contributed by atoms with Crippen molar-refractivity contribution in [2.24, 2.45) is 17.4 Å². The van der Waals surface area contributed by atoms with Gasteiger partial charge in [-0.3, -0.25) is 4.79 Å². The largest absolute Gasteiger partial charge is 0.352 e. The molecular formula is C12H25N3O. The molecule has 0 aliphatic heterocycles. The van der Waals surface area contributed by atoms with Crippen molar-refractivity contribution in [1.29, 1.82) is 0 Å². The minimum absolute atomic E-state index is 0.103. The van der Waals surface area contributed by atoms with Crippen LogP contribution in [-0.2, 0) is 4.79 Å². The second-order valence-corrected chi connectivity index (χ2v) is 4.70. The van der Waals surface area contributed by atoms with Crippen LogP contribution in [0.1, 0.15) is 44.9 Å². The van der Waals surface area contributed by atoms with Crippen molar-refractivity contribution in [2.45, 2.75) is 51.0 Å². The van der Waals surface area contributed by atoms with Gasteiger partial charge in [0.05, 0.1) is 0 Å². The Kier molecular flexibility index (Phi) is 6.42. The summed E-state index contributed by atoms with van der Waals surface area (Å²) < 4.78 is 0. The van der Waals surface area contributed by atoms with E-state index in [9.17, 15) is 4.79 Å². The molecule has 0 saturated heterocycles. The lowest BCUT2D eigenvalue weighted by atomic mass is 9.84. The van der Waals surface area contributed by atoms with Crippen molar-refractivity contribution in [3.05, 3.63) is 0 Å². The summed E-state index contributed by atoms with van der Waals surface area (Å²) in [6, 6.07) is 0.172. The first-order valence-corrected chi connectivity index (χ1v) is 6.47. The average molecular weight is 227 g/mol. The number of hydrogen-bond donors (Lipinski definition) is 3. The Bertz CT molecular complexity index is 202. The molecule has 4 heteroatoms. The highest BCUT2D eigenvalue weighted by Crippen LogP contribution is 2.26. The van der Waals surface area contributed by atoms with Crippen LogP contribution in [0.2, 0.25) is 0 Å². The van der Waals surface area contributed by atoms with Crippen LogP contribution in [0.5, 0.6) is 0 Å². The highest BCUT2D eigenvalue weighted by molar-refractivity contribution is 5.76. The highest BCUT2D eigenvalue weighted by atomic mass is 16.1. The van der Waals surface area contributed by atoms with Gasteiger partial charge in [0.2, 0.25) is 5.91 Å². The molecule has 1 rings (SSSR count). The summed E-state index contributed by atoms with van der Waals surface area (Å²) in [5.41, 5.74) is 11.1. The molecule has 0 radical (unpaired) electrons. The zero-order chi connectivity index (χ0) is 11.8. The van der Waals surface area contributed by atoms with Crippen molar-refractivity contribution in [3.63, 3.8) is 0 Å². The fourth-order valence-corrected chi connectivity index (χ4v) is 2.45. The summed E-state index contributed by atoms with van der Waals surface area (Å²) in [7, 11) is 0. The Morgan fingerprint density at radius 2 is 1.94 bits per heavy atom. The van der Waals surface area contributed by atoms with E-state index in [1.54, 1.807) is 0 Å². The van der Waals surface area contributed by atoms with Crippen LogP contribution in [-0.4, -0.2) is 25.0 Å². The molecule has 1 aliphatic carbocycles. The van der Waals surface area contributed by atoms with Gasteiger partial charge in [-0.25, -0.2) is 0 Å². The van der Waals surface area contributed by atoms with E-state index in [1.807, 2.05) is 0 Å². The average Bonchev–Trinajstić information content (AvgIpc) is 2.34. The minimum atomic E-state index is 0.103. The number of hydrogen-bond acceptors (Lipinski definition) is 3. The lowest BCUT2D eigenvalue weighted by molar-refractivity contribution is -0.122. The molecule has 1 aliphatic rings. The van der Waals surface area contributed by atoms with Crippen LogP contribution in [0.3, 0.4) is 0 Å². The van der Waals surface area contributed by atoms with Crippen LogP contribution in [0.15, 0.2) is 0 Å². The molecule has 1 unspecified atom stereocenters. The maximum atomic E-state index is 11.6. The molecule has 1 saturated carbocycles. The number of nitrogens with one attached hydrogen (secondary N) is 1. The first kappa shape index (κ1) is 13.5. The van der Waals surface area contributed by atoms with Crippen LogP contribution in [0.4, 0.5) is 0 Å². The van der Waals surface area contributed by atoms with Crippen molar-refractivity contribution in [2.75, 3.05) is 13.1 Å². The van der Waals surface area contributed by atoms with Gasteiger partial charge in [0.15, 0.2) is 0 Å². The second-order valence-electron chi connectivity index (χ2n) is 4.70. The standard InChI is InChI=1S/C12H25N3O/c13-8-4-7-12(16)15-11(9-14)10-5-2-1-3-6-10/h10-11H,1-9,13-14H2,(H,15,16). The number of carbonyl (C=O) groups is 1. The summed E-state index contributed by atoms with van der Waals surface area (Å²) in [5, 5.41) is 3.05. The monoisotopic (exact) mass is 227 g/mol. The van der Waals surface area contributed by atoms with Crippen LogP contribution in [0.25, 0.3) is 0 Å². The van der Waals surface area contributed by atoms with E-state index in [0.29, 0.717) is 25.4 Å². The minimum Gasteiger partial charge on any atom is -0.352 e. The summed E-state index contributed by atoms with van der Waals surface area (Å²) in [4.78, 5) is 11.6. The molecular weight excluding hydrogens is 202 g/mol. The van der Waals surface area contributed by atoms with E-state index < -0.39 is 0 Å². The van der Waals surface area contributed by atoms with Gasteiger partial charge in [-0.05, 0) is 31.7 Å². The van der Waals surface area contributed by atoms with Gasteiger partial charge in [0.25, 0.3) is 0 Å². The molecule has 0 heterocycles. The van der Waals surface area contributed by atoms with Crippen LogP contribution in [0, 0.1) is 5.92 Å². The zero-order valence-corrected chi connectivity index (χ0v) is 10.1. The molecule has 5 N–H and O–H groups in total. The molecule has 0 spiro atoms. The van der Waals surface area contributed by atoms with Gasteiger partial charge in [-0.15, -0.1) is 0 Å². The lowest BCUT2D eigenvalue weighted by Crippen LogP contribution is -2.45. The summed E-state index contributed by atoms with van der Waals surface area (Å²) in [6.45, 7) is 1.13.